The zero-order valence-electron chi connectivity index (χ0n) is 15.1. The van der Waals surface area contributed by atoms with Gasteiger partial charge in [0.15, 0.2) is 11.6 Å². The highest BCUT2D eigenvalue weighted by Gasteiger charge is 2.19. The molecule has 0 radical (unpaired) electrons. The predicted molar refractivity (Wildman–Crippen MR) is 103 cm³/mol. The lowest BCUT2D eigenvalue weighted by atomic mass is 10.1. The number of ether oxygens (including phenoxy) is 3. The molecule has 7 heteroatoms. The van der Waals surface area contributed by atoms with Crippen LogP contribution in [0, 0.1) is 5.82 Å². The van der Waals surface area contributed by atoms with Crippen LogP contribution in [0.2, 0.25) is 10.0 Å². The van der Waals surface area contributed by atoms with Gasteiger partial charge in [0.05, 0.1) is 29.2 Å². The summed E-state index contributed by atoms with van der Waals surface area (Å²) in [6.07, 6.45) is -0.558. The van der Waals surface area contributed by atoms with Crippen molar-refractivity contribution in [2.45, 2.75) is 33.0 Å². The van der Waals surface area contributed by atoms with Crippen LogP contribution in [0.25, 0.3) is 0 Å². The molecule has 1 atom stereocenters. The highest BCUT2D eigenvalue weighted by Crippen LogP contribution is 2.28. The summed E-state index contributed by atoms with van der Waals surface area (Å²) >= 11 is 11.8. The minimum absolute atomic E-state index is 0.0185. The first-order valence-electron chi connectivity index (χ1n) is 8.58. The van der Waals surface area contributed by atoms with Gasteiger partial charge in [-0.3, -0.25) is 4.79 Å². The van der Waals surface area contributed by atoms with Gasteiger partial charge >= 0.3 is 5.97 Å². The molecule has 0 bridgehead atoms. The lowest BCUT2D eigenvalue weighted by Crippen LogP contribution is -2.13. The van der Waals surface area contributed by atoms with E-state index in [-0.39, 0.29) is 25.4 Å². The van der Waals surface area contributed by atoms with Crippen molar-refractivity contribution < 1.29 is 23.4 Å². The summed E-state index contributed by atoms with van der Waals surface area (Å²) in [6.45, 7) is 4.36. The molecule has 4 nitrogen and oxygen atoms in total. The average molecular weight is 415 g/mol. The van der Waals surface area contributed by atoms with Crippen molar-refractivity contribution in [2.75, 3.05) is 13.2 Å². The maximum atomic E-state index is 14.4. The lowest BCUT2D eigenvalue weighted by molar-refractivity contribution is -0.146. The van der Waals surface area contributed by atoms with E-state index in [1.54, 1.807) is 31.2 Å². The summed E-state index contributed by atoms with van der Waals surface area (Å²) in [7, 11) is 0. The number of rotatable bonds is 9. The fourth-order valence-electron chi connectivity index (χ4n) is 2.47. The second kappa shape index (κ2) is 10.5. The summed E-state index contributed by atoms with van der Waals surface area (Å²) in [5.41, 5.74) is 1.31. The maximum absolute atomic E-state index is 14.4. The van der Waals surface area contributed by atoms with E-state index in [2.05, 4.69) is 0 Å². The molecular weight excluding hydrogens is 394 g/mol. The van der Waals surface area contributed by atoms with Crippen molar-refractivity contribution in [3.63, 3.8) is 0 Å². The normalized spacial score (nSPS) is 11.9. The van der Waals surface area contributed by atoms with Crippen LogP contribution < -0.4 is 4.74 Å². The molecule has 0 N–H and O–H groups in total. The molecule has 1 unspecified atom stereocenters. The molecule has 27 heavy (non-hydrogen) atoms. The van der Waals surface area contributed by atoms with Gasteiger partial charge in [-0.25, -0.2) is 4.39 Å². The highest BCUT2D eigenvalue weighted by atomic mass is 35.5. The van der Waals surface area contributed by atoms with E-state index < -0.39 is 17.9 Å². The Kier molecular flexibility index (Phi) is 8.35. The van der Waals surface area contributed by atoms with E-state index in [0.29, 0.717) is 22.2 Å². The second-order valence-corrected chi connectivity index (χ2v) is 6.49. The Labute approximate surface area is 168 Å². The summed E-state index contributed by atoms with van der Waals surface area (Å²) in [4.78, 5) is 11.7. The van der Waals surface area contributed by atoms with Crippen molar-refractivity contribution in [3.8, 4) is 5.75 Å². The van der Waals surface area contributed by atoms with Crippen LogP contribution in [0.3, 0.4) is 0 Å². The van der Waals surface area contributed by atoms with Crippen LogP contribution in [-0.2, 0) is 20.9 Å². The van der Waals surface area contributed by atoms with Crippen LogP contribution in [0.4, 0.5) is 4.39 Å². The van der Waals surface area contributed by atoms with Crippen LogP contribution >= 0.6 is 23.2 Å². The number of hydrogen-bond donors (Lipinski definition) is 0. The zero-order chi connectivity index (χ0) is 19.8. The Hall–Kier alpha value is -1.82. The fraction of sp³-hybridized carbons (Fsp3) is 0.350. The number of carbonyl (C=O) groups is 1. The predicted octanol–water partition coefficient (Wildman–Crippen LogP) is 5.74. The van der Waals surface area contributed by atoms with Gasteiger partial charge in [-0.1, -0.05) is 35.3 Å². The monoisotopic (exact) mass is 414 g/mol. The SMILES string of the molecule is CCOC(=O)CC(OCC)c1ccc(OCc2ccc(Cl)c(Cl)c2)c(F)c1. The van der Waals surface area contributed by atoms with Gasteiger partial charge in [0.25, 0.3) is 0 Å². The minimum atomic E-state index is -0.576. The van der Waals surface area contributed by atoms with E-state index >= 15 is 0 Å². The van der Waals surface area contributed by atoms with Gasteiger partial charge in [-0.05, 0) is 49.2 Å². The molecule has 0 fully saturated rings. The molecule has 0 heterocycles. The Morgan fingerprint density at radius 1 is 1.07 bits per heavy atom. The number of esters is 1. The Balaban J connectivity index is 2.08. The Morgan fingerprint density at radius 2 is 1.85 bits per heavy atom. The van der Waals surface area contributed by atoms with Gasteiger partial charge in [-0.15, -0.1) is 0 Å². The third-order valence-corrected chi connectivity index (χ3v) is 4.47. The number of hydrogen-bond acceptors (Lipinski definition) is 4. The van der Waals surface area contributed by atoms with Crippen LogP contribution in [0.5, 0.6) is 5.75 Å². The molecule has 0 saturated heterocycles. The fourth-order valence-corrected chi connectivity index (χ4v) is 2.79. The Morgan fingerprint density at radius 3 is 2.48 bits per heavy atom. The maximum Gasteiger partial charge on any atom is 0.308 e. The van der Waals surface area contributed by atoms with Gasteiger partial charge in [0.2, 0.25) is 0 Å². The first-order valence-corrected chi connectivity index (χ1v) is 9.33. The standard InChI is InChI=1S/C20H21Cl2FO4/c1-3-25-19(11-20(24)26-4-2)14-6-8-18(17(23)10-14)27-12-13-5-7-15(21)16(22)9-13/h5-10,19H,3-4,11-12H2,1-2H3. The van der Waals surface area contributed by atoms with Gasteiger partial charge in [0.1, 0.15) is 6.61 Å². The van der Waals surface area contributed by atoms with E-state index in [1.165, 1.54) is 12.1 Å². The van der Waals surface area contributed by atoms with E-state index in [0.717, 1.165) is 5.56 Å². The van der Waals surface area contributed by atoms with Crippen LogP contribution in [0.1, 0.15) is 37.5 Å². The lowest BCUT2D eigenvalue weighted by Gasteiger charge is -2.17. The van der Waals surface area contributed by atoms with Crippen LogP contribution in [0.15, 0.2) is 36.4 Å². The number of benzene rings is 2. The summed E-state index contributed by atoms with van der Waals surface area (Å²) < 4.78 is 30.5. The van der Waals surface area contributed by atoms with Crippen molar-refractivity contribution in [1.82, 2.24) is 0 Å². The molecule has 0 saturated carbocycles. The molecule has 2 aromatic rings. The molecule has 2 aromatic carbocycles. The molecule has 2 rings (SSSR count). The highest BCUT2D eigenvalue weighted by molar-refractivity contribution is 6.42. The summed E-state index contributed by atoms with van der Waals surface area (Å²) in [5.74, 6) is -0.839. The molecule has 0 aliphatic heterocycles. The van der Waals surface area contributed by atoms with Crippen molar-refractivity contribution in [1.29, 1.82) is 0 Å². The molecule has 0 aliphatic carbocycles. The quantitative estimate of drug-likeness (QED) is 0.490. The third-order valence-electron chi connectivity index (χ3n) is 3.73. The molecule has 0 spiro atoms. The summed E-state index contributed by atoms with van der Waals surface area (Å²) in [5, 5.41) is 0.853. The van der Waals surface area contributed by atoms with E-state index in [9.17, 15) is 9.18 Å². The first-order chi connectivity index (χ1) is 12.9. The molecule has 0 aromatic heterocycles. The molecule has 146 valence electrons. The third kappa shape index (κ3) is 6.38. The van der Waals surface area contributed by atoms with Crippen LogP contribution in [-0.4, -0.2) is 19.2 Å². The van der Waals surface area contributed by atoms with E-state index in [1.807, 2.05) is 6.92 Å². The van der Waals surface area contributed by atoms with Gasteiger partial charge in [-0.2, -0.15) is 0 Å². The average Bonchev–Trinajstić information content (AvgIpc) is 2.63. The number of halogens is 3. The first kappa shape index (κ1) is 21.5. The van der Waals surface area contributed by atoms with Crippen molar-refractivity contribution in [2.24, 2.45) is 0 Å². The Bertz CT molecular complexity index is 783. The number of carbonyl (C=O) groups excluding carboxylic acids is 1. The van der Waals surface area contributed by atoms with Gasteiger partial charge < -0.3 is 14.2 Å². The largest absolute Gasteiger partial charge is 0.486 e. The molecular formula is C20H21Cl2FO4. The summed E-state index contributed by atoms with van der Waals surface area (Å²) in [6, 6.07) is 9.57. The van der Waals surface area contributed by atoms with Crippen molar-refractivity contribution in [3.05, 3.63) is 63.4 Å². The van der Waals surface area contributed by atoms with Crippen molar-refractivity contribution >= 4 is 29.2 Å². The topological polar surface area (TPSA) is 44.8 Å². The zero-order valence-corrected chi connectivity index (χ0v) is 16.6. The second-order valence-electron chi connectivity index (χ2n) is 5.68. The van der Waals surface area contributed by atoms with Gasteiger partial charge in [0, 0.05) is 6.61 Å². The molecule has 0 amide bonds. The molecule has 0 aliphatic rings. The van der Waals surface area contributed by atoms with E-state index in [4.69, 9.17) is 37.4 Å². The smallest absolute Gasteiger partial charge is 0.308 e. The minimum Gasteiger partial charge on any atom is -0.486 e.